The summed E-state index contributed by atoms with van der Waals surface area (Å²) >= 11 is 3.72. The Morgan fingerprint density at radius 3 is 2.83 bits per heavy atom. The molecular weight excluding hydrogens is 170 g/mol. The van der Waals surface area contributed by atoms with Gasteiger partial charge in [-0.15, -0.1) is 0 Å². The summed E-state index contributed by atoms with van der Waals surface area (Å²) in [6.45, 7) is 0. The van der Waals surface area contributed by atoms with Gasteiger partial charge in [-0.25, -0.2) is 4.98 Å². The van der Waals surface area contributed by atoms with Crippen molar-refractivity contribution in [2.45, 2.75) is 0 Å². The van der Waals surface area contributed by atoms with E-state index < -0.39 is 0 Å². The third kappa shape index (κ3) is 1.12. The van der Waals surface area contributed by atoms with Crippen molar-refractivity contribution >= 4 is 23.7 Å². The van der Waals surface area contributed by atoms with Crippen LogP contribution >= 0.6 is 12.9 Å². The van der Waals surface area contributed by atoms with Gasteiger partial charge in [0.25, 0.3) is 0 Å². The highest BCUT2D eigenvalue weighted by atomic mass is 32.1. The molecule has 1 aromatic heterocycles. The molecule has 0 aliphatic rings. The Hall–Kier alpha value is -1.22. The van der Waals surface area contributed by atoms with Crippen LogP contribution in [-0.4, -0.2) is 4.98 Å². The van der Waals surface area contributed by atoms with E-state index in [2.05, 4.69) is 17.9 Å². The van der Waals surface area contributed by atoms with Crippen molar-refractivity contribution in [1.29, 1.82) is 0 Å². The lowest BCUT2D eigenvalue weighted by atomic mass is 10.2. The van der Waals surface area contributed by atoms with E-state index >= 15 is 0 Å². The standard InChI is InChI=1S/C9H7NOS/c12-11-9-8-4-2-1-3-7(8)5-6-10-9/h1-6,12H. The minimum absolute atomic E-state index is 0.552. The number of benzene rings is 1. The highest BCUT2D eigenvalue weighted by molar-refractivity contribution is 7.75. The molecule has 0 fully saturated rings. The van der Waals surface area contributed by atoms with Gasteiger partial charge in [0.05, 0.1) is 0 Å². The monoisotopic (exact) mass is 177 g/mol. The molecule has 60 valence electrons. The Kier molecular flexibility index (Phi) is 1.87. The number of aromatic nitrogens is 1. The summed E-state index contributed by atoms with van der Waals surface area (Å²) in [6.07, 6.45) is 1.70. The molecule has 2 nitrogen and oxygen atoms in total. The summed E-state index contributed by atoms with van der Waals surface area (Å²) in [5.74, 6) is 0.552. The maximum atomic E-state index is 4.81. The molecule has 12 heavy (non-hydrogen) atoms. The van der Waals surface area contributed by atoms with Crippen molar-refractivity contribution in [2.24, 2.45) is 0 Å². The lowest BCUT2D eigenvalue weighted by Gasteiger charge is -2.00. The molecule has 2 aromatic rings. The highest BCUT2D eigenvalue weighted by Crippen LogP contribution is 2.22. The molecule has 0 spiro atoms. The molecular formula is C9H7NOS. The van der Waals surface area contributed by atoms with E-state index in [0.717, 1.165) is 10.8 Å². The van der Waals surface area contributed by atoms with E-state index in [-0.39, 0.29) is 0 Å². The summed E-state index contributed by atoms with van der Waals surface area (Å²) < 4.78 is 4.81. The maximum Gasteiger partial charge on any atom is 0.235 e. The first-order chi connectivity index (χ1) is 5.92. The van der Waals surface area contributed by atoms with E-state index in [4.69, 9.17) is 4.18 Å². The first kappa shape index (κ1) is 7.43. The second kappa shape index (κ2) is 3.03. The van der Waals surface area contributed by atoms with E-state index in [1.807, 2.05) is 30.3 Å². The number of rotatable bonds is 1. The Morgan fingerprint density at radius 2 is 2.00 bits per heavy atom. The molecule has 0 atom stereocenters. The SMILES string of the molecule is SOc1nccc2ccccc12. The number of fused-ring (bicyclic) bond motifs is 1. The molecule has 0 saturated carbocycles. The number of pyridine rings is 1. The van der Waals surface area contributed by atoms with Gasteiger partial charge in [0.2, 0.25) is 5.88 Å². The topological polar surface area (TPSA) is 22.1 Å². The second-order valence-electron chi connectivity index (χ2n) is 2.43. The van der Waals surface area contributed by atoms with Crippen LogP contribution in [0.3, 0.4) is 0 Å². The van der Waals surface area contributed by atoms with Crippen LogP contribution in [0.15, 0.2) is 36.5 Å². The molecule has 0 aliphatic carbocycles. The zero-order valence-corrected chi connectivity index (χ0v) is 7.16. The van der Waals surface area contributed by atoms with Crippen LogP contribution in [-0.2, 0) is 0 Å². The Balaban J connectivity index is 2.79. The first-order valence-corrected chi connectivity index (χ1v) is 3.93. The fourth-order valence-electron chi connectivity index (χ4n) is 1.16. The fraction of sp³-hybridized carbons (Fsp3) is 0. The minimum atomic E-state index is 0.552. The average Bonchev–Trinajstić information content (AvgIpc) is 2.17. The molecule has 0 saturated heterocycles. The van der Waals surface area contributed by atoms with Gasteiger partial charge in [0, 0.05) is 24.5 Å². The minimum Gasteiger partial charge on any atom is -0.408 e. The van der Waals surface area contributed by atoms with Gasteiger partial charge >= 0.3 is 0 Å². The number of nitrogens with zero attached hydrogens (tertiary/aromatic N) is 1. The van der Waals surface area contributed by atoms with E-state index in [9.17, 15) is 0 Å². The summed E-state index contributed by atoms with van der Waals surface area (Å²) in [7, 11) is 0. The number of hydrogen-bond donors (Lipinski definition) is 1. The fourth-order valence-corrected chi connectivity index (χ4v) is 1.31. The lowest BCUT2D eigenvalue weighted by Crippen LogP contribution is -1.82. The van der Waals surface area contributed by atoms with Crippen LogP contribution < -0.4 is 4.18 Å². The molecule has 0 bridgehead atoms. The summed E-state index contributed by atoms with van der Waals surface area (Å²) in [5, 5.41) is 2.09. The zero-order valence-electron chi connectivity index (χ0n) is 6.27. The van der Waals surface area contributed by atoms with Crippen molar-refractivity contribution in [3.05, 3.63) is 36.5 Å². The predicted molar refractivity (Wildman–Crippen MR) is 51.4 cm³/mol. The number of thiol groups is 1. The van der Waals surface area contributed by atoms with Crippen molar-refractivity contribution in [2.75, 3.05) is 0 Å². The highest BCUT2D eigenvalue weighted by Gasteiger charge is 1.99. The molecule has 1 aromatic carbocycles. The van der Waals surface area contributed by atoms with E-state index in [1.165, 1.54) is 0 Å². The van der Waals surface area contributed by atoms with Gasteiger partial charge in [-0.3, -0.25) is 0 Å². The molecule has 3 heteroatoms. The van der Waals surface area contributed by atoms with Crippen molar-refractivity contribution < 1.29 is 4.18 Å². The Morgan fingerprint density at radius 1 is 1.17 bits per heavy atom. The van der Waals surface area contributed by atoms with Gasteiger partial charge < -0.3 is 4.18 Å². The molecule has 0 radical (unpaired) electrons. The second-order valence-corrected chi connectivity index (χ2v) is 2.61. The Bertz CT molecular complexity index is 397. The van der Waals surface area contributed by atoms with Gasteiger partial charge in [-0.05, 0) is 17.5 Å². The predicted octanol–water partition coefficient (Wildman–Crippen LogP) is 2.46. The third-order valence-corrected chi connectivity index (χ3v) is 1.90. The third-order valence-electron chi connectivity index (χ3n) is 1.72. The quantitative estimate of drug-likeness (QED) is 0.534. The van der Waals surface area contributed by atoms with Crippen molar-refractivity contribution in [3.63, 3.8) is 0 Å². The van der Waals surface area contributed by atoms with Crippen molar-refractivity contribution in [1.82, 2.24) is 4.98 Å². The van der Waals surface area contributed by atoms with Gasteiger partial charge in [-0.1, -0.05) is 18.2 Å². The first-order valence-electron chi connectivity index (χ1n) is 3.57. The Labute approximate surface area is 75.8 Å². The van der Waals surface area contributed by atoms with Crippen molar-refractivity contribution in [3.8, 4) is 5.88 Å². The molecule has 0 N–H and O–H groups in total. The molecule has 1 heterocycles. The average molecular weight is 177 g/mol. The van der Waals surface area contributed by atoms with Crippen LogP contribution in [0.4, 0.5) is 0 Å². The van der Waals surface area contributed by atoms with Gasteiger partial charge in [0.15, 0.2) is 0 Å². The largest absolute Gasteiger partial charge is 0.408 e. The maximum absolute atomic E-state index is 4.81. The molecule has 0 unspecified atom stereocenters. The smallest absolute Gasteiger partial charge is 0.235 e. The summed E-state index contributed by atoms with van der Waals surface area (Å²) in [4.78, 5) is 4.03. The van der Waals surface area contributed by atoms with Crippen LogP contribution in [0.5, 0.6) is 5.88 Å². The van der Waals surface area contributed by atoms with Crippen LogP contribution in [0.25, 0.3) is 10.8 Å². The van der Waals surface area contributed by atoms with Gasteiger partial charge in [0.1, 0.15) is 0 Å². The molecule has 2 rings (SSSR count). The summed E-state index contributed by atoms with van der Waals surface area (Å²) in [5.41, 5.74) is 0. The van der Waals surface area contributed by atoms with Crippen LogP contribution in [0.1, 0.15) is 0 Å². The van der Waals surface area contributed by atoms with Crippen LogP contribution in [0.2, 0.25) is 0 Å². The van der Waals surface area contributed by atoms with Crippen LogP contribution in [0, 0.1) is 0 Å². The number of hydrogen-bond acceptors (Lipinski definition) is 3. The lowest BCUT2D eigenvalue weighted by molar-refractivity contribution is 0.637. The van der Waals surface area contributed by atoms with E-state index in [1.54, 1.807) is 6.20 Å². The normalized spacial score (nSPS) is 10.1. The summed E-state index contributed by atoms with van der Waals surface area (Å²) in [6, 6.07) is 9.82. The van der Waals surface area contributed by atoms with Gasteiger partial charge in [-0.2, -0.15) is 0 Å². The van der Waals surface area contributed by atoms with E-state index in [0.29, 0.717) is 5.88 Å². The molecule has 0 amide bonds. The molecule has 0 aliphatic heterocycles. The zero-order chi connectivity index (χ0) is 8.39.